The summed E-state index contributed by atoms with van der Waals surface area (Å²) in [5, 5.41) is 0. The summed E-state index contributed by atoms with van der Waals surface area (Å²) in [6.07, 6.45) is 1.21. The average molecular weight is 267 g/mol. The Bertz CT molecular complexity index is 342. The van der Waals surface area contributed by atoms with Crippen LogP contribution in [0.5, 0.6) is 0 Å². The van der Waals surface area contributed by atoms with Crippen LogP contribution in [0.4, 0.5) is 4.39 Å². The molecule has 0 aliphatic rings. The maximum Gasteiger partial charge on any atom is 0.262 e. The zero-order valence-electron chi connectivity index (χ0n) is 9.82. The quantitative estimate of drug-likeness (QED) is 0.495. The molecule has 7 heteroatoms. The lowest BCUT2D eigenvalue weighted by atomic mass is 10.4. The highest BCUT2D eigenvalue weighted by molar-refractivity contribution is 7.90. The first kappa shape index (κ1) is 16.1. The van der Waals surface area contributed by atoms with E-state index in [0.717, 1.165) is 0 Å². The van der Waals surface area contributed by atoms with E-state index >= 15 is 0 Å². The molecule has 0 aliphatic heterocycles. The smallest absolute Gasteiger partial charge is 0.262 e. The monoisotopic (exact) mass is 267 g/mol. The number of rotatable bonds is 9. The molecule has 0 bridgehead atoms. The topological polar surface area (TPSA) is 72.5 Å². The maximum absolute atomic E-state index is 11.8. The first-order valence-electron chi connectivity index (χ1n) is 5.25. The van der Waals surface area contributed by atoms with E-state index in [-0.39, 0.29) is 6.42 Å². The molecule has 0 aromatic rings. The van der Waals surface area contributed by atoms with Crippen LogP contribution in [-0.2, 0) is 19.6 Å². The third-order valence-electron chi connectivity index (χ3n) is 1.86. The molecule has 17 heavy (non-hydrogen) atoms. The molecule has 0 aromatic carbocycles. The Balaban J connectivity index is 4.10. The second-order valence-electron chi connectivity index (χ2n) is 3.42. The van der Waals surface area contributed by atoms with Gasteiger partial charge >= 0.3 is 0 Å². The Kier molecular flexibility index (Phi) is 7.73. The van der Waals surface area contributed by atoms with Crippen LogP contribution < -0.4 is 4.72 Å². The zero-order valence-corrected chi connectivity index (χ0v) is 10.6. The van der Waals surface area contributed by atoms with Crippen LogP contribution in [0.1, 0.15) is 19.8 Å². The molecule has 0 aliphatic carbocycles. The number of sulfonamides is 1. The number of halogens is 1. The molecular weight excluding hydrogens is 249 g/mol. The van der Waals surface area contributed by atoms with Crippen molar-refractivity contribution in [2.24, 2.45) is 0 Å². The second-order valence-corrected chi connectivity index (χ2v) is 5.26. The zero-order chi connectivity index (χ0) is 13.3. The Hall–Kier alpha value is -0.950. The van der Waals surface area contributed by atoms with Gasteiger partial charge in [0, 0.05) is 0 Å². The summed E-state index contributed by atoms with van der Waals surface area (Å²) in [6, 6.07) is 0. The van der Waals surface area contributed by atoms with E-state index < -0.39 is 34.5 Å². The molecule has 0 rings (SSSR count). The predicted octanol–water partition coefficient (Wildman–Crippen LogP) is 0.773. The fraction of sp³-hybridized carbons (Fsp3) is 0.700. The minimum atomic E-state index is -3.76. The fourth-order valence-electron chi connectivity index (χ4n) is 0.936. The summed E-state index contributed by atoms with van der Waals surface area (Å²) in [5.41, 5.74) is 0. The van der Waals surface area contributed by atoms with Gasteiger partial charge in [-0.05, 0) is 19.8 Å². The van der Waals surface area contributed by atoms with Gasteiger partial charge in [0.1, 0.15) is 6.10 Å². The van der Waals surface area contributed by atoms with Gasteiger partial charge in [-0.1, -0.05) is 6.08 Å². The number of amides is 1. The summed E-state index contributed by atoms with van der Waals surface area (Å²) >= 11 is 0. The molecule has 1 atom stereocenters. The maximum atomic E-state index is 11.8. The number of carbonyl (C=O) groups excluding carboxylic acids is 1. The molecule has 0 radical (unpaired) electrons. The van der Waals surface area contributed by atoms with Gasteiger partial charge in [0.15, 0.2) is 0 Å². The van der Waals surface area contributed by atoms with Crippen molar-refractivity contribution in [3.63, 3.8) is 0 Å². The van der Waals surface area contributed by atoms with E-state index in [4.69, 9.17) is 4.74 Å². The van der Waals surface area contributed by atoms with Crippen molar-refractivity contribution >= 4 is 15.9 Å². The SMILES string of the molecule is C=CCCO[C@H](C)C(=O)NS(=O)(=O)CCCF. The van der Waals surface area contributed by atoms with Crippen LogP contribution in [0.25, 0.3) is 0 Å². The van der Waals surface area contributed by atoms with E-state index in [1.54, 1.807) is 6.08 Å². The normalized spacial score (nSPS) is 13.1. The molecule has 0 unspecified atom stereocenters. The van der Waals surface area contributed by atoms with E-state index in [9.17, 15) is 17.6 Å². The van der Waals surface area contributed by atoms with Crippen LogP contribution in [0, 0.1) is 0 Å². The van der Waals surface area contributed by atoms with E-state index in [2.05, 4.69) is 6.58 Å². The number of hydrogen-bond acceptors (Lipinski definition) is 4. The summed E-state index contributed by atoms with van der Waals surface area (Å²) in [6.45, 7) is 4.49. The molecule has 0 saturated heterocycles. The van der Waals surface area contributed by atoms with Gasteiger partial charge in [0.25, 0.3) is 5.91 Å². The van der Waals surface area contributed by atoms with Crippen molar-refractivity contribution in [1.82, 2.24) is 4.72 Å². The predicted molar refractivity (Wildman–Crippen MR) is 62.7 cm³/mol. The summed E-state index contributed by atoms with van der Waals surface area (Å²) in [7, 11) is -3.76. The summed E-state index contributed by atoms with van der Waals surface area (Å²) in [5.74, 6) is -1.15. The fourth-order valence-corrected chi connectivity index (χ4v) is 2.00. The van der Waals surface area contributed by atoms with Crippen LogP contribution in [0.3, 0.4) is 0 Å². The van der Waals surface area contributed by atoms with Crippen molar-refractivity contribution in [1.29, 1.82) is 0 Å². The van der Waals surface area contributed by atoms with Gasteiger partial charge in [-0.3, -0.25) is 13.9 Å². The highest BCUT2D eigenvalue weighted by atomic mass is 32.2. The lowest BCUT2D eigenvalue weighted by Gasteiger charge is -2.12. The average Bonchev–Trinajstić information content (AvgIpc) is 2.26. The largest absolute Gasteiger partial charge is 0.368 e. The Labute approximate surface area is 101 Å². The number of nitrogens with one attached hydrogen (secondary N) is 1. The van der Waals surface area contributed by atoms with Crippen molar-refractivity contribution in [3.8, 4) is 0 Å². The molecule has 0 aromatic heterocycles. The highest BCUT2D eigenvalue weighted by Crippen LogP contribution is 1.97. The van der Waals surface area contributed by atoms with E-state index in [1.165, 1.54) is 6.92 Å². The second kappa shape index (κ2) is 8.19. The van der Waals surface area contributed by atoms with Gasteiger partial charge in [-0.15, -0.1) is 6.58 Å². The lowest BCUT2D eigenvalue weighted by Crippen LogP contribution is -2.39. The highest BCUT2D eigenvalue weighted by Gasteiger charge is 2.19. The lowest BCUT2D eigenvalue weighted by molar-refractivity contribution is -0.129. The van der Waals surface area contributed by atoms with Crippen molar-refractivity contribution in [2.45, 2.75) is 25.9 Å². The molecule has 0 heterocycles. The number of hydrogen-bond donors (Lipinski definition) is 1. The molecule has 1 amide bonds. The standard InChI is InChI=1S/C10H18FNO4S/c1-3-4-7-16-9(2)10(13)12-17(14,15)8-5-6-11/h3,9H,1,4-8H2,2H3,(H,12,13)/t9-/m1/s1. The molecule has 1 N–H and O–H groups in total. The van der Waals surface area contributed by atoms with Crippen LogP contribution in [0.2, 0.25) is 0 Å². The van der Waals surface area contributed by atoms with Crippen molar-refractivity contribution < 1.29 is 22.3 Å². The minimum absolute atomic E-state index is 0.131. The first-order valence-corrected chi connectivity index (χ1v) is 6.91. The number of alkyl halides is 1. The molecule has 5 nitrogen and oxygen atoms in total. The Morgan fingerprint density at radius 2 is 2.24 bits per heavy atom. The third-order valence-corrected chi connectivity index (χ3v) is 3.20. The third kappa shape index (κ3) is 7.87. The van der Waals surface area contributed by atoms with E-state index in [0.29, 0.717) is 13.0 Å². The van der Waals surface area contributed by atoms with Crippen molar-refractivity contribution in [2.75, 3.05) is 19.0 Å². The molecule has 100 valence electrons. The van der Waals surface area contributed by atoms with Gasteiger partial charge in [0.2, 0.25) is 10.0 Å². The summed E-state index contributed by atoms with van der Waals surface area (Å²) < 4.78 is 41.2. The summed E-state index contributed by atoms with van der Waals surface area (Å²) in [4.78, 5) is 11.4. The van der Waals surface area contributed by atoms with Crippen LogP contribution >= 0.6 is 0 Å². The number of ether oxygens (including phenoxy) is 1. The van der Waals surface area contributed by atoms with E-state index in [1.807, 2.05) is 4.72 Å². The number of carbonyl (C=O) groups is 1. The van der Waals surface area contributed by atoms with Gasteiger partial charge in [-0.25, -0.2) is 8.42 Å². The molecule has 0 fully saturated rings. The van der Waals surface area contributed by atoms with Gasteiger partial charge < -0.3 is 4.74 Å². The van der Waals surface area contributed by atoms with Gasteiger partial charge in [0.05, 0.1) is 19.0 Å². The molecular formula is C10H18FNO4S. The molecule has 0 saturated carbocycles. The van der Waals surface area contributed by atoms with Gasteiger partial charge in [-0.2, -0.15) is 0 Å². The first-order chi connectivity index (χ1) is 7.93. The van der Waals surface area contributed by atoms with Crippen LogP contribution in [0.15, 0.2) is 12.7 Å². The molecule has 0 spiro atoms. The van der Waals surface area contributed by atoms with Crippen LogP contribution in [-0.4, -0.2) is 39.5 Å². The Morgan fingerprint density at radius 1 is 1.59 bits per heavy atom. The van der Waals surface area contributed by atoms with Crippen molar-refractivity contribution in [3.05, 3.63) is 12.7 Å². The minimum Gasteiger partial charge on any atom is -0.368 e. The Morgan fingerprint density at radius 3 is 2.76 bits per heavy atom.